The highest BCUT2D eigenvalue weighted by atomic mass is 79.9. The predicted molar refractivity (Wildman–Crippen MR) is 72.7 cm³/mol. The first-order valence-electron chi connectivity index (χ1n) is 5.38. The molecule has 0 spiro atoms. The molecule has 0 saturated carbocycles. The summed E-state index contributed by atoms with van der Waals surface area (Å²) in [7, 11) is 0. The van der Waals surface area contributed by atoms with E-state index in [2.05, 4.69) is 26.1 Å². The van der Waals surface area contributed by atoms with Crippen LogP contribution in [0.15, 0.2) is 22.7 Å². The zero-order chi connectivity index (χ0) is 13.5. The van der Waals surface area contributed by atoms with Crippen molar-refractivity contribution in [1.29, 1.82) is 0 Å². The number of halogens is 3. The van der Waals surface area contributed by atoms with Crippen molar-refractivity contribution >= 4 is 27.5 Å². The highest BCUT2D eigenvalue weighted by Gasteiger charge is 2.26. The van der Waals surface area contributed by atoms with E-state index in [1.165, 1.54) is 10.6 Å². The number of rotatable bonds is 1. The Bertz CT molecular complexity index is 569. The number of para-hydroxylation sites is 1. The minimum absolute atomic E-state index is 0.144. The van der Waals surface area contributed by atoms with E-state index in [1.54, 1.807) is 12.1 Å². The largest absolute Gasteiger partial charge is 0.265 e. The molecule has 0 unspecified atom stereocenters. The van der Waals surface area contributed by atoms with Crippen molar-refractivity contribution in [3.8, 4) is 5.69 Å². The van der Waals surface area contributed by atoms with Crippen LogP contribution < -0.4 is 0 Å². The van der Waals surface area contributed by atoms with Crippen molar-refractivity contribution in [1.82, 2.24) is 14.8 Å². The molecular weight excluding hydrogens is 321 g/mol. The van der Waals surface area contributed by atoms with E-state index in [9.17, 15) is 4.39 Å². The van der Waals surface area contributed by atoms with Crippen LogP contribution in [-0.2, 0) is 5.41 Å². The summed E-state index contributed by atoms with van der Waals surface area (Å²) in [6.45, 7) is 5.91. The third-order valence-electron chi connectivity index (χ3n) is 2.46. The van der Waals surface area contributed by atoms with Gasteiger partial charge in [-0.05, 0) is 39.7 Å². The molecule has 0 atom stereocenters. The van der Waals surface area contributed by atoms with E-state index in [4.69, 9.17) is 11.6 Å². The third-order valence-corrected chi connectivity index (χ3v) is 3.34. The Kier molecular flexibility index (Phi) is 3.47. The molecule has 0 aliphatic rings. The molecular formula is C12H12BrClFN3. The van der Waals surface area contributed by atoms with Crippen molar-refractivity contribution in [2.45, 2.75) is 26.2 Å². The van der Waals surface area contributed by atoms with E-state index in [1.807, 2.05) is 20.8 Å². The highest BCUT2D eigenvalue weighted by molar-refractivity contribution is 9.10. The molecule has 0 N–H and O–H groups in total. The van der Waals surface area contributed by atoms with Gasteiger partial charge in [0.1, 0.15) is 11.6 Å². The zero-order valence-corrected chi connectivity index (χ0v) is 12.5. The first-order valence-corrected chi connectivity index (χ1v) is 6.55. The van der Waals surface area contributed by atoms with Crippen LogP contribution in [0.3, 0.4) is 0 Å². The van der Waals surface area contributed by atoms with Gasteiger partial charge in [-0.1, -0.05) is 26.8 Å². The Morgan fingerprint density at radius 2 is 1.94 bits per heavy atom. The standard InChI is InChI=1S/C12H12BrClFN3/c1-12(2,3)10-16-17-11(14)18(10)9-7(13)5-4-6-8(9)15/h4-6H,1-3H3. The summed E-state index contributed by atoms with van der Waals surface area (Å²) in [5.41, 5.74) is 0.0411. The average Bonchev–Trinajstić information content (AvgIpc) is 2.60. The van der Waals surface area contributed by atoms with Gasteiger partial charge in [0.05, 0.1) is 5.69 Å². The molecule has 0 saturated heterocycles. The fourth-order valence-corrected chi connectivity index (χ4v) is 2.37. The van der Waals surface area contributed by atoms with Gasteiger partial charge in [-0.2, -0.15) is 0 Å². The summed E-state index contributed by atoms with van der Waals surface area (Å²) in [5.74, 6) is 0.231. The summed E-state index contributed by atoms with van der Waals surface area (Å²) in [6.07, 6.45) is 0. The van der Waals surface area contributed by atoms with E-state index in [0.29, 0.717) is 16.0 Å². The first-order chi connectivity index (χ1) is 8.32. The number of hydrogen-bond acceptors (Lipinski definition) is 2. The SMILES string of the molecule is CC(C)(C)c1nnc(Cl)n1-c1c(F)cccc1Br. The summed E-state index contributed by atoms with van der Waals surface area (Å²) in [6, 6.07) is 4.75. The lowest BCUT2D eigenvalue weighted by Crippen LogP contribution is -2.19. The maximum Gasteiger partial charge on any atom is 0.229 e. The summed E-state index contributed by atoms with van der Waals surface area (Å²) in [4.78, 5) is 0. The molecule has 18 heavy (non-hydrogen) atoms. The molecule has 0 bridgehead atoms. The molecule has 0 aliphatic heterocycles. The second-order valence-electron chi connectivity index (χ2n) is 4.95. The second-order valence-corrected chi connectivity index (χ2v) is 6.14. The Morgan fingerprint density at radius 3 is 2.50 bits per heavy atom. The molecule has 2 rings (SSSR count). The van der Waals surface area contributed by atoms with E-state index in [-0.39, 0.29) is 16.5 Å². The molecule has 0 fully saturated rings. The first kappa shape index (κ1) is 13.5. The summed E-state index contributed by atoms with van der Waals surface area (Å²) < 4.78 is 16.1. The van der Waals surface area contributed by atoms with Crippen LogP contribution in [-0.4, -0.2) is 14.8 Å². The topological polar surface area (TPSA) is 30.7 Å². The molecule has 6 heteroatoms. The number of benzene rings is 1. The van der Waals surface area contributed by atoms with E-state index < -0.39 is 0 Å². The lowest BCUT2D eigenvalue weighted by atomic mass is 9.95. The maximum absolute atomic E-state index is 14.0. The van der Waals surface area contributed by atoms with Gasteiger partial charge in [-0.3, -0.25) is 4.57 Å². The Hall–Kier alpha value is -0.940. The van der Waals surface area contributed by atoms with Gasteiger partial charge in [-0.25, -0.2) is 4.39 Å². The Labute approximate surface area is 118 Å². The quantitative estimate of drug-likeness (QED) is 0.786. The molecule has 96 valence electrons. The molecule has 0 radical (unpaired) electrons. The predicted octanol–water partition coefficient (Wildman–Crippen LogP) is 4.12. The van der Waals surface area contributed by atoms with Gasteiger partial charge < -0.3 is 0 Å². The van der Waals surface area contributed by atoms with Crippen molar-refractivity contribution in [2.24, 2.45) is 0 Å². The molecule has 2 aromatic rings. The number of hydrogen-bond donors (Lipinski definition) is 0. The average molecular weight is 333 g/mol. The van der Waals surface area contributed by atoms with Crippen LogP contribution in [0.4, 0.5) is 4.39 Å². The van der Waals surface area contributed by atoms with Crippen molar-refractivity contribution in [3.63, 3.8) is 0 Å². The van der Waals surface area contributed by atoms with Gasteiger partial charge >= 0.3 is 0 Å². The Balaban J connectivity index is 2.76. The van der Waals surface area contributed by atoms with Gasteiger partial charge in [0.15, 0.2) is 0 Å². The fraction of sp³-hybridized carbons (Fsp3) is 0.333. The minimum atomic E-state index is -0.378. The minimum Gasteiger partial charge on any atom is -0.265 e. The van der Waals surface area contributed by atoms with Gasteiger partial charge in [0.25, 0.3) is 0 Å². The monoisotopic (exact) mass is 331 g/mol. The van der Waals surface area contributed by atoms with Gasteiger partial charge in [0, 0.05) is 9.89 Å². The summed E-state index contributed by atoms with van der Waals surface area (Å²) in [5, 5.41) is 8.02. The Morgan fingerprint density at radius 1 is 1.28 bits per heavy atom. The smallest absolute Gasteiger partial charge is 0.229 e. The summed E-state index contributed by atoms with van der Waals surface area (Å²) >= 11 is 9.36. The van der Waals surface area contributed by atoms with Crippen molar-refractivity contribution < 1.29 is 4.39 Å². The van der Waals surface area contributed by atoms with Crippen LogP contribution in [0.25, 0.3) is 5.69 Å². The number of nitrogens with zero attached hydrogens (tertiary/aromatic N) is 3. The van der Waals surface area contributed by atoms with Gasteiger partial charge in [0.2, 0.25) is 5.28 Å². The molecule has 1 aromatic carbocycles. The number of aromatic nitrogens is 3. The normalized spacial score (nSPS) is 11.9. The van der Waals surface area contributed by atoms with Crippen LogP contribution in [0, 0.1) is 5.82 Å². The van der Waals surface area contributed by atoms with Crippen molar-refractivity contribution in [2.75, 3.05) is 0 Å². The molecule has 3 nitrogen and oxygen atoms in total. The van der Waals surface area contributed by atoms with Crippen molar-refractivity contribution in [3.05, 3.63) is 39.6 Å². The van der Waals surface area contributed by atoms with Gasteiger partial charge in [-0.15, -0.1) is 10.2 Å². The maximum atomic E-state index is 14.0. The molecule has 1 aromatic heterocycles. The second kappa shape index (κ2) is 4.63. The lowest BCUT2D eigenvalue weighted by molar-refractivity contribution is 0.526. The van der Waals surface area contributed by atoms with E-state index in [0.717, 1.165) is 0 Å². The fourth-order valence-electron chi connectivity index (χ4n) is 1.65. The zero-order valence-electron chi connectivity index (χ0n) is 10.2. The molecule has 1 heterocycles. The molecule has 0 aliphatic carbocycles. The van der Waals surface area contributed by atoms with Crippen LogP contribution in [0.1, 0.15) is 26.6 Å². The third kappa shape index (κ3) is 2.29. The van der Waals surface area contributed by atoms with Crippen LogP contribution in [0.5, 0.6) is 0 Å². The van der Waals surface area contributed by atoms with Crippen LogP contribution >= 0.6 is 27.5 Å². The lowest BCUT2D eigenvalue weighted by Gasteiger charge is -2.19. The molecule has 0 amide bonds. The van der Waals surface area contributed by atoms with E-state index >= 15 is 0 Å². The highest BCUT2D eigenvalue weighted by Crippen LogP contribution is 2.31. The van der Waals surface area contributed by atoms with Crippen LogP contribution in [0.2, 0.25) is 5.28 Å².